The number of hydrazone groups is 1. The molecule has 0 bridgehead atoms. The fourth-order valence-electron chi connectivity index (χ4n) is 2.18. The van der Waals surface area contributed by atoms with E-state index in [1.807, 2.05) is 0 Å². The quantitative estimate of drug-likeness (QED) is 0.801. The molecule has 132 valence electrons. The summed E-state index contributed by atoms with van der Waals surface area (Å²) < 4.78 is 63.8. The predicted molar refractivity (Wildman–Crippen MR) is 88.5 cm³/mol. The van der Waals surface area contributed by atoms with Crippen molar-refractivity contribution < 1.29 is 26.4 Å². The van der Waals surface area contributed by atoms with Gasteiger partial charge in [0.25, 0.3) is 10.0 Å². The minimum atomic E-state index is -4.55. The van der Waals surface area contributed by atoms with Crippen molar-refractivity contribution in [2.24, 2.45) is 5.10 Å². The Morgan fingerprint density at radius 2 is 1.96 bits per heavy atom. The molecule has 2 aromatic rings. The number of Topliss-reactive ketones (excluding diaryl/α,β-unsaturated/α-hetero) is 1. The highest BCUT2D eigenvalue weighted by atomic mass is 32.2. The van der Waals surface area contributed by atoms with Crippen molar-refractivity contribution in [1.29, 1.82) is 0 Å². The van der Waals surface area contributed by atoms with E-state index in [1.54, 1.807) is 5.38 Å². The monoisotopic (exact) mass is 389 g/mol. The van der Waals surface area contributed by atoms with Crippen LogP contribution in [0.1, 0.15) is 15.2 Å². The van der Waals surface area contributed by atoms with Gasteiger partial charge < -0.3 is 0 Å². The molecule has 1 aromatic carbocycles. The van der Waals surface area contributed by atoms with Gasteiger partial charge in [0.2, 0.25) is 10.8 Å². The molecular formula is C14H10F3N3O3S2. The van der Waals surface area contributed by atoms with Crippen molar-refractivity contribution in [1.82, 2.24) is 0 Å². The van der Waals surface area contributed by atoms with Crippen molar-refractivity contribution >= 4 is 43.6 Å². The molecule has 0 saturated carbocycles. The second-order valence-corrected chi connectivity index (χ2v) is 7.84. The number of carbonyl (C=O) groups is 1. The normalized spacial score (nSPS) is 18.3. The lowest BCUT2D eigenvalue weighted by Crippen LogP contribution is -2.42. The van der Waals surface area contributed by atoms with Crippen LogP contribution in [0.5, 0.6) is 0 Å². The first-order valence-electron chi connectivity index (χ1n) is 6.74. The second-order valence-electron chi connectivity index (χ2n) is 5.04. The van der Waals surface area contributed by atoms with Gasteiger partial charge in [-0.25, -0.2) is 0 Å². The van der Waals surface area contributed by atoms with Crippen molar-refractivity contribution in [3.8, 4) is 0 Å². The average Bonchev–Trinajstić information content (AvgIpc) is 3.02. The smallest absolute Gasteiger partial charge is 0.285 e. The van der Waals surface area contributed by atoms with E-state index in [0.717, 1.165) is 33.8 Å². The SMILES string of the molecule is CN1c2ccsc2C(=O)/C(=N/Nc2cccc(C(F)(F)F)c2)S1(=O)=O. The summed E-state index contributed by atoms with van der Waals surface area (Å²) in [5, 5.41) is 4.36. The standard InChI is InChI=1S/C14H10F3N3O3S2/c1-20-10-5-6-24-12(10)11(21)13(25(20,22)23)19-18-9-4-2-3-8(7-9)14(15,16)17/h2-7,18H,1H3/b19-13-. The minimum absolute atomic E-state index is 0.0926. The van der Waals surface area contributed by atoms with E-state index >= 15 is 0 Å². The van der Waals surface area contributed by atoms with E-state index in [9.17, 15) is 26.4 Å². The third kappa shape index (κ3) is 3.00. The number of benzene rings is 1. The Kier molecular flexibility index (Phi) is 4.07. The lowest BCUT2D eigenvalue weighted by Gasteiger charge is -2.24. The molecule has 0 amide bonds. The first kappa shape index (κ1) is 17.4. The number of hydrogen-bond acceptors (Lipinski definition) is 6. The van der Waals surface area contributed by atoms with Gasteiger partial charge >= 0.3 is 6.18 Å². The first-order valence-corrected chi connectivity index (χ1v) is 9.06. The first-order chi connectivity index (χ1) is 11.6. The molecule has 0 unspecified atom stereocenters. The maximum atomic E-state index is 12.7. The molecule has 6 nitrogen and oxygen atoms in total. The van der Waals surface area contributed by atoms with Crippen molar-refractivity contribution in [2.75, 3.05) is 16.8 Å². The van der Waals surface area contributed by atoms with Gasteiger partial charge in [-0.05, 0) is 29.6 Å². The van der Waals surface area contributed by atoms with Crippen LogP contribution in [0, 0.1) is 0 Å². The number of ketones is 1. The lowest BCUT2D eigenvalue weighted by molar-refractivity contribution is -0.137. The second kappa shape index (κ2) is 5.85. The number of alkyl halides is 3. The van der Waals surface area contributed by atoms with Crippen LogP contribution in [0.15, 0.2) is 40.8 Å². The summed E-state index contributed by atoms with van der Waals surface area (Å²) in [6, 6.07) is 5.55. The Bertz CT molecular complexity index is 980. The van der Waals surface area contributed by atoms with Gasteiger partial charge in [0.1, 0.15) is 4.88 Å². The summed E-state index contributed by atoms with van der Waals surface area (Å²) in [4.78, 5) is 12.5. The minimum Gasteiger partial charge on any atom is -0.285 e. The molecule has 3 rings (SSSR count). The van der Waals surface area contributed by atoms with Crippen molar-refractivity contribution in [3.63, 3.8) is 0 Å². The summed E-state index contributed by atoms with van der Waals surface area (Å²) in [5.41, 5.74) is 1.45. The zero-order chi connectivity index (χ0) is 18.4. The van der Waals surface area contributed by atoms with E-state index in [4.69, 9.17) is 0 Å². The van der Waals surface area contributed by atoms with E-state index in [1.165, 1.54) is 19.2 Å². The third-order valence-corrected chi connectivity index (χ3v) is 6.05. The Balaban J connectivity index is 1.98. The van der Waals surface area contributed by atoms with E-state index in [-0.39, 0.29) is 16.3 Å². The lowest BCUT2D eigenvalue weighted by atomic mass is 10.2. The number of halogens is 3. The van der Waals surface area contributed by atoms with Crippen LogP contribution in [0.2, 0.25) is 0 Å². The third-order valence-electron chi connectivity index (χ3n) is 3.47. The van der Waals surface area contributed by atoms with E-state index in [0.29, 0.717) is 0 Å². The molecule has 25 heavy (non-hydrogen) atoms. The van der Waals surface area contributed by atoms with E-state index < -0.39 is 32.6 Å². The van der Waals surface area contributed by atoms with E-state index in [2.05, 4.69) is 10.5 Å². The van der Waals surface area contributed by atoms with Gasteiger partial charge in [-0.15, -0.1) is 11.3 Å². The Hall–Kier alpha value is -2.40. The highest BCUT2D eigenvalue weighted by molar-refractivity contribution is 8.09. The maximum absolute atomic E-state index is 12.7. The Morgan fingerprint density at radius 3 is 2.64 bits per heavy atom. The van der Waals surface area contributed by atoms with Crippen LogP contribution >= 0.6 is 11.3 Å². The van der Waals surface area contributed by atoms with Gasteiger partial charge in [-0.3, -0.25) is 14.5 Å². The summed E-state index contributed by atoms with van der Waals surface area (Å²) >= 11 is 1.06. The number of sulfonamides is 1. The number of fused-ring (bicyclic) bond motifs is 1. The molecule has 0 aliphatic carbocycles. The number of nitrogens with zero attached hydrogens (tertiary/aromatic N) is 2. The summed E-state index contributed by atoms with van der Waals surface area (Å²) in [5.74, 6) is -0.803. The molecule has 1 aliphatic heterocycles. The molecule has 0 spiro atoms. The largest absolute Gasteiger partial charge is 0.416 e. The van der Waals surface area contributed by atoms with Crippen LogP contribution in [0.25, 0.3) is 0 Å². The number of rotatable bonds is 2. The summed E-state index contributed by atoms with van der Waals surface area (Å²) in [6.07, 6.45) is -4.55. The zero-order valence-electron chi connectivity index (χ0n) is 12.5. The number of thiophene rings is 1. The van der Waals surface area contributed by atoms with Crippen LogP contribution in [0.3, 0.4) is 0 Å². The molecule has 2 heterocycles. The Labute approximate surface area is 144 Å². The molecule has 1 aromatic heterocycles. The summed E-state index contributed by atoms with van der Waals surface area (Å²) in [6.45, 7) is 0. The maximum Gasteiger partial charge on any atom is 0.416 e. The molecule has 0 fully saturated rings. The summed E-state index contributed by atoms with van der Waals surface area (Å²) in [7, 11) is -2.92. The number of anilines is 2. The van der Waals surface area contributed by atoms with Crippen LogP contribution < -0.4 is 9.73 Å². The molecule has 11 heteroatoms. The van der Waals surface area contributed by atoms with Crippen molar-refractivity contribution in [3.05, 3.63) is 46.2 Å². The topological polar surface area (TPSA) is 78.8 Å². The number of hydrogen-bond donors (Lipinski definition) is 1. The highest BCUT2D eigenvalue weighted by Crippen LogP contribution is 2.34. The highest BCUT2D eigenvalue weighted by Gasteiger charge is 2.41. The molecular weight excluding hydrogens is 379 g/mol. The fraction of sp³-hybridized carbons (Fsp3) is 0.143. The van der Waals surface area contributed by atoms with Gasteiger partial charge in [-0.1, -0.05) is 6.07 Å². The van der Waals surface area contributed by atoms with Gasteiger partial charge in [0.15, 0.2) is 0 Å². The van der Waals surface area contributed by atoms with Gasteiger partial charge in [0.05, 0.1) is 16.9 Å². The van der Waals surface area contributed by atoms with Crippen LogP contribution in [-0.2, 0) is 16.2 Å². The molecule has 0 saturated heterocycles. The van der Waals surface area contributed by atoms with Gasteiger partial charge in [-0.2, -0.15) is 26.7 Å². The molecule has 1 aliphatic rings. The van der Waals surface area contributed by atoms with Gasteiger partial charge in [0, 0.05) is 7.05 Å². The molecule has 1 N–H and O–H groups in total. The van der Waals surface area contributed by atoms with Crippen LogP contribution in [0.4, 0.5) is 24.5 Å². The zero-order valence-corrected chi connectivity index (χ0v) is 14.2. The number of carbonyl (C=O) groups excluding carboxylic acids is 1. The van der Waals surface area contributed by atoms with Crippen molar-refractivity contribution in [2.45, 2.75) is 6.18 Å². The molecule has 0 radical (unpaired) electrons. The average molecular weight is 389 g/mol. The van der Waals surface area contributed by atoms with Crippen LogP contribution in [-0.4, -0.2) is 26.3 Å². The fourth-order valence-corrected chi connectivity index (χ4v) is 4.34. The molecule has 0 atom stereocenters. The Morgan fingerprint density at radius 1 is 1.24 bits per heavy atom. The predicted octanol–water partition coefficient (Wildman–Crippen LogP) is 3.15. The number of nitrogens with one attached hydrogen (secondary N) is 1.